The van der Waals surface area contributed by atoms with Gasteiger partial charge in [0.05, 0.1) is 27.7 Å². The number of phosphoric acid groups is 1. The minimum Gasteiger partial charge on any atom is -0.462 e. The molecule has 0 spiro atoms. The first-order valence-corrected chi connectivity index (χ1v) is 25.8. The van der Waals surface area contributed by atoms with Crippen LogP contribution in [0.4, 0.5) is 0 Å². The molecule has 0 aliphatic heterocycles. The number of phosphoric ester groups is 1. The number of allylic oxidation sites excluding steroid dienone is 14. The summed E-state index contributed by atoms with van der Waals surface area (Å²) in [6.07, 6.45) is 56.4. The van der Waals surface area contributed by atoms with Gasteiger partial charge in [-0.25, -0.2) is 4.57 Å². The summed E-state index contributed by atoms with van der Waals surface area (Å²) in [4.78, 5) is 35.4. The molecule has 0 amide bonds. The normalized spacial score (nSPS) is 14.2. The first-order chi connectivity index (χ1) is 30.0. The van der Waals surface area contributed by atoms with Crippen molar-refractivity contribution in [3.63, 3.8) is 0 Å². The molecule has 0 aromatic heterocycles. The van der Waals surface area contributed by atoms with Crippen LogP contribution in [0.3, 0.4) is 0 Å². The summed E-state index contributed by atoms with van der Waals surface area (Å²) in [6.45, 7) is 4.23. The molecular weight excluding hydrogens is 798 g/mol. The van der Waals surface area contributed by atoms with Crippen molar-refractivity contribution in [2.75, 3.05) is 47.5 Å². The first-order valence-electron chi connectivity index (χ1n) is 24.3. The Kier molecular flexibility index (Phi) is 41.5. The summed E-state index contributed by atoms with van der Waals surface area (Å²) in [7, 11) is 1.45. The van der Waals surface area contributed by atoms with E-state index in [1.54, 1.807) is 0 Å². The quantitative estimate of drug-likeness (QED) is 0.0212. The number of likely N-dealkylation sites (N-methyl/N-ethyl adjacent to an activating group) is 1. The molecule has 356 valence electrons. The van der Waals surface area contributed by atoms with Crippen molar-refractivity contribution in [1.82, 2.24) is 0 Å². The van der Waals surface area contributed by atoms with Gasteiger partial charge in [0.25, 0.3) is 0 Å². The number of ether oxygens (including phenoxy) is 2. The maximum atomic E-state index is 12.7. The van der Waals surface area contributed by atoms with Crippen molar-refractivity contribution in [2.45, 2.75) is 187 Å². The van der Waals surface area contributed by atoms with E-state index in [0.29, 0.717) is 17.4 Å². The van der Waals surface area contributed by atoms with Crippen LogP contribution in [0.25, 0.3) is 0 Å². The Morgan fingerprint density at radius 1 is 0.516 bits per heavy atom. The summed E-state index contributed by atoms with van der Waals surface area (Å²) in [5.41, 5.74) is 0. The van der Waals surface area contributed by atoms with E-state index in [4.69, 9.17) is 18.5 Å². The fourth-order valence-electron chi connectivity index (χ4n) is 6.11. The second-order valence-electron chi connectivity index (χ2n) is 17.1. The van der Waals surface area contributed by atoms with E-state index in [1.165, 1.54) is 38.5 Å². The number of carbonyl (C=O) groups is 2. The summed E-state index contributed by atoms with van der Waals surface area (Å²) < 4.78 is 34.3. The molecule has 62 heavy (non-hydrogen) atoms. The molecule has 9 nitrogen and oxygen atoms in total. The van der Waals surface area contributed by atoms with Crippen LogP contribution < -0.4 is 0 Å². The predicted molar refractivity (Wildman–Crippen MR) is 261 cm³/mol. The highest BCUT2D eigenvalue weighted by Gasteiger charge is 2.27. The van der Waals surface area contributed by atoms with Crippen molar-refractivity contribution >= 4 is 19.8 Å². The smallest absolute Gasteiger partial charge is 0.462 e. The molecule has 0 aliphatic rings. The zero-order valence-electron chi connectivity index (χ0n) is 40.1. The molecule has 1 N–H and O–H groups in total. The molecule has 0 fully saturated rings. The summed E-state index contributed by atoms with van der Waals surface area (Å²) in [5.74, 6) is -0.826. The fourth-order valence-corrected chi connectivity index (χ4v) is 6.86. The topological polar surface area (TPSA) is 108 Å². The molecule has 2 atom stereocenters. The van der Waals surface area contributed by atoms with Crippen LogP contribution in [0.15, 0.2) is 85.1 Å². The summed E-state index contributed by atoms with van der Waals surface area (Å²) in [6, 6.07) is 0. The van der Waals surface area contributed by atoms with Crippen LogP contribution >= 0.6 is 7.82 Å². The average Bonchev–Trinajstić information content (AvgIpc) is 3.23. The summed E-state index contributed by atoms with van der Waals surface area (Å²) in [5, 5.41) is 0. The lowest BCUT2D eigenvalue weighted by molar-refractivity contribution is -0.870. The van der Waals surface area contributed by atoms with E-state index in [-0.39, 0.29) is 32.0 Å². The molecule has 0 saturated carbocycles. The largest absolute Gasteiger partial charge is 0.472 e. The number of nitrogens with zero attached hydrogens (tertiary/aromatic N) is 1. The van der Waals surface area contributed by atoms with Crippen LogP contribution in [0.2, 0.25) is 0 Å². The molecule has 0 rings (SSSR count). The molecule has 2 unspecified atom stereocenters. The van der Waals surface area contributed by atoms with Crippen LogP contribution in [0.1, 0.15) is 181 Å². The van der Waals surface area contributed by atoms with Gasteiger partial charge in [-0.2, -0.15) is 0 Å². The molecule has 0 saturated heterocycles. The van der Waals surface area contributed by atoms with Gasteiger partial charge in [0.15, 0.2) is 6.10 Å². The Bertz CT molecular complexity index is 1330. The third-order valence-electron chi connectivity index (χ3n) is 9.91. The number of hydrogen-bond acceptors (Lipinski definition) is 7. The second kappa shape index (κ2) is 43.4. The average molecular weight is 889 g/mol. The molecule has 10 heteroatoms. The third kappa shape index (κ3) is 46.7. The van der Waals surface area contributed by atoms with Crippen molar-refractivity contribution in [3.8, 4) is 0 Å². The zero-order chi connectivity index (χ0) is 45.7. The fraction of sp³-hybridized carbons (Fsp3) is 0.692. The standard InChI is InChI=1S/C52H90NO8P/c1-6-8-10-12-14-16-18-19-20-21-22-23-24-25-26-27-28-29-30-31-32-33-35-37-39-41-43-45-52(55)61-50(49-60-62(56,57)59-47-46-53(3,4)5)48-58-51(54)44-42-40-38-36-34-17-15-13-11-9-7-2/h8,10,13-16,19-20,22-23,25-26,28-29,50H,6-7,9,11-12,17-18,21,24,27,30-49H2,1-5H3/p+1/b10-8-,15-13-,16-14-,20-19-,23-22-,26-25-,29-28-. The van der Waals surface area contributed by atoms with Crippen LogP contribution in [0.5, 0.6) is 0 Å². The van der Waals surface area contributed by atoms with Crippen LogP contribution in [0, 0.1) is 0 Å². The first kappa shape index (κ1) is 59.2. The number of carbonyl (C=O) groups excluding carboxylic acids is 2. The van der Waals surface area contributed by atoms with Crippen molar-refractivity contribution in [1.29, 1.82) is 0 Å². The van der Waals surface area contributed by atoms with E-state index in [2.05, 4.69) is 98.9 Å². The van der Waals surface area contributed by atoms with Gasteiger partial charge in [-0.15, -0.1) is 0 Å². The van der Waals surface area contributed by atoms with Gasteiger partial charge in [0.1, 0.15) is 19.8 Å². The van der Waals surface area contributed by atoms with Crippen molar-refractivity contribution in [2.24, 2.45) is 0 Å². The minimum atomic E-state index is -4.38. The zero-order valence-corrected chi connectivity index (χ0v) is 41.0. The van der Waals surface area contributed by atoms with Gasteiger partial charge in [-0.3, -0.25) is 18.6 Å². The van der Waals surface area contributed by atoms with Crippen molar-refractivity contribution < 1.29 is 42.1 Å². The van der Waals surface area contributed by atoms with E-state index in [0.717, 1.165) is 109 Å². The summed E-state index contributed by atoms with van der Waals surface area (Å²) >= 11 is 0. The molecular formula is C52H91NO8P+. The SMILES string of the molecule is CC/C=C\C/C=C\C/C=C\C/C=C\C/C=C\C/C=C\CCCCCCCCCCC(=O)OC(COC(=O)CCCCCCC/C=C\CCCC)COP(=O)(O)OCC[N+](C)(C)C. The van der Waals surface area contributed by atoms with E-state index in [9.17, 15) is 19.0 Å². The van der Waals surface area contributed by atoms with E-state index >= 15 is 0 Å². The maximum Gasteiger partial charge on any atom is 0.472 e. The second-order valence-corrected chi connectivity index (χ2v) is 18.6. The van der Waals surface area contributed by atoms with E-state index < -0.39 is 26.5 Å². The molecule has 0 aliphatic carbocycles. The Hall–Kier alpha value is -2.81. The highest BCUT2D eigenvalue weighted by molar-refractivity contribution is 7.47. The van der Waals surface area contributed by atoms with Crippen LogP contribution in [-0.2, 0) is 32.7 Å². The molecule has 0 radical (unpaired) electrons. The van der Waals surface area contributed by atoms with Gasteiger partial charge >= 0.3 is 19.8 Å². The monoisotopic (exact) mass is 889 g/mol. The number of quaternary nitrogens is 1. The minimum absolute atomic E-state index is 0.0245. The highest BCUT2D eigenvalue weighted by Crippen LogP contribution is 2.43. The predicted octanol–water partition coefficient (Wildman–Crippen LogP) is 14.4. The molecule has 0 aromatic carbocycles. The lowest BCUT2D eigenvalue weighted by Crippen LogP contribution is -2.37. The number of rotatable bonds is 43. The van der Waals surface area contributed by atoms with Crippen LogP contribution in [-0.4, -0.2) is 74.9 Å². The third-order valence-corrected chi connectivity index (χ3v) is 10.9. The Labute approximate surface area is 380 Å². The Morgan fingerprint density at radius 3 is 1.39 bits per heavy atom. The maximum absolute atomic E-state index is 12.7. The Balaban J connectivity index is 4.24. The number of unbranched alkanes of at least 4 members (excludes halogenated alkanes) is 15. The van der Waals surface area contributed by atoms with Gasteiger partial charge in [-0.05, 0) is 83.5 Å². The highest BCUT2D eigenvalue weighted by atomic mass is 31.2. The molecule has 0 bridgehead atoms. The lowest BCUT2D eigenvalue weighted by atomic mass is 10.1. The Morgan fingerprint density at radius 2 is 0.919 bits per heavy atom. The lowest BCUT2D eigenvalue weighted by Gasteiger charge is -2.24. The molecule has 0 heterocycles. The van der Waals surface area contributed by atoms with Gasteiger partial charge in [0.2, 0.25) is 0 Å². The van der Waals surface area contributed by atoms with Gasteiger partial charge < -0.3 is 18.9 Å². The van der Waals surface area contributed by atoms with Crippen molar-refractivity contribution in [3.05, 3.63) is 85.1 Å². The number of hydrogen-bond donors (Lipinski definition) is 1. The van der Waals surface area contributed by atoms with Gasteiger partial charge in [-0.1, -0.05) is 170 Å². The number of esters is 2. The van der Waals surface area contributed by atoms with Gasteiger partial charge in [0, 0.05) is 12.8 Å². The van der Waals surface area contributed by atoms with E-state index in [1.807, 2.05) is 21.1 Å². The molecule has 0 aromatic rings.